The maximum Gasteiger partial charge on any atom is 1.00 e. The number of rotatable bonds is 1. The van der Waals surface area contributed by atoms with E-state index in [1.54, 1.807) is 0 Å². The van der Waals surface area contributed by atoms with E-state index in [9.17, 15) is 0 Å². The molecule has 0 radical (unpaired) electrons. The zero-order chi connectivity index (χ0) is 9.97. The fraction of sp³-hybridized carbons (Fsp3) is 0. The molecule has 3 heteroatoms. The Hall–Kier alpha value is 0.0800. The second-order valence-corrected chi connectivity index (χ2v) is 3.89. The summed E-state index contributed by atoms with van der Waals surface area (Å²) >= 11 is 10.5. The van der Waals surface area contributed by atoms with Gasteiger partial charge in [-0.3, -0.25) is 0 Å². The smallest absolute Gasteiger partial charge is 1.00 e. The zero-order valence-corrected chi connectivity index (χ0v) is 12.1. The van der Waals surface area contributed by atoms with Crippen molar-refractivity contribution in [3.8, 4) is 11.1 Å². The van der Waals surface area contributed by atoms with Gasteiger partial charge in [-0.1, -0.05) is 48.0 Å². The van der Waals surface area contributed by atoms with Crippen LogP contribution in [0.15, 0.2) is 53.4 Å². The molecule has 0 bridgehead atoms. The summed E-state index contributed by atoms with van der Waals surface area (Å²) in [7, 11) is 0. The largest absolute Gasteiger partial charge is 1.00 e. The maximum absolute atomic E-state index is 6.10. The molecule has 0 aliphatic carbocycles. The van der Waals surface area contributed by atoms with Crippen LogP contribution < -0.4 is 29.6 Å². The van der Waals surface area contributed by atoms with Gasteiger partial charge in [-0.25, -0.2) is 0 Å². The van der Waals surface area contributed by atoms with Crippen molar-refractivity contribution in [1.29, 1.82) is 0 Å². The number of hydrogen-bond donors (Lipinski definition) is 1. The van der Waals surface area contributed by atoms with Crippen molar-refractivity contribution in [3.63, 3.8) is 0 Å². The molecule has 2 aromatic rings. The first-order chi connectivity index (χ1) is 6.79. The fourth-order valence-electron chi connectivity index (χ4n) is 1.38. The summed E-state index contributed by atoms with van der Waals surface area (Å²) in [5.41, 5.74) is 2.10. The number of halogens is 1. The van der Waals surface area contributed by atoms with Crippen molar-refractivity contribution in [2.24, 2.45) is 0 Å². The van der Waals surface area contributed by atoms with Crippen molar-refractivity contribution >= 4 is 24.2 Å². The summed E-state index contributed by atoms with van der Waals surface area (Å²) in [5, 5.41) is 0.758. The first-order valence-corrected chi connectivity index (χ1v) is 5.14. The summed E-state index contributed by atoms with van der Waals surface area (Å²) in [6, 6.07) is 15.7. The van der Waals surface area contributed by atoms with E-state index in [1.165, 1.54) is 0 Å². The van der Waals surface area contributed by atoms with Crippen LogP contribution in [0.25, 0.3) is 11.1 Å². The monoisotopic (exact) mass is 244 g/mol. The van der Waals surface area contributed by atoms with Crippen molar-refractivity contribution in [3.05, 3.63) is 53.6 Å². The van der Waals surface area contributed by atoms with Crippen LogP contribution in [0.1, 0.15) is 1.43 Å². The normalized spacial score (nSPS) is 9.47. The first kappa shape index (κ1) is 13.1. The molecule has 0 aliphatic heterocycles. The van der Waals surface area contributed by atoms with E-state index in [4.69, 9.17) is 11.6 Å². The van der Waals surface area contributed by atoms with Gasteiger partial charge in [0.1, 0.15) is 0 Å². The fourth-order valence-corrected chi connectivity index (χ4v) is 1.90. The van der Waals surface area contributed by atoms with E-state index in [0.29, 0.717) is 0 Å². The van der Waals surface area contributed by atoms with E-state index in [1.807, 2.05) is 48.5 Å². The van der Waals surface area contributed by atoms with Gasteiger partial charge in [-0.2, -0.15) is 0 Å². The SMILES string of the molecule is Sc1ccccc1-c1ccccc1Cl.[H-].[Na+]. The molecule has 0 heterocycles. The summed E-state index contributed by atoms with van der Waals surface area (Å²) in [6.45, 7) is 0. The Labute approximate surface area is 124 Å². The van der Waals surface area contributed by atoms with Gasteiger partial charge in [-0.05, 0) is 17.7 Å². The van der Waals surface area contributed by atoms with E-state index in [2.05, 4.69) is 12.6 Å². The molecule has 0 spiro atoms. The van der Waals surface area contributed by atoms with Gasteiger partial charge in [0.2, 0.25) is 0 Å². The van der Waals surface area contributed by atoms with E-state index >= 15 is 0 Å². The molecule has 72 valence electrons. The van der Waals surface area contributed by atoms with Crippen LogP contribution in [0.2, 0.25) is 5.02 Å². The molecule has 0 aliphatic rings. The van der Waals surface area contributed by atoms with Crippen molar-refractivity contribution in [2.75, 3.05) is 0 Å². The average molecular weight is 245 g/mol. The number of thiol groups is 1. The summed E-state index contributed by atoms with van der Waals surface area (Å²) in [5.74, 6) is 0. The third kappa shape index (κ3) is 3.02. The number of hydrogen-bond acceptors (Lipinski definition) is 1. The number of benzene rings is 2. The third-order valence-electron chi connectivity index (χ3n) is 2.07. The van der Waals surface area contributed by atoms with Gasteiger partial charge in [0, 0.05) is 15.5 Å². The van der Waals surface area contributed by atoms with E-state index < -0.39 is 0 Å². The molecule has 0 saturated heterocycles. The molecular weight excluding hydrogens is 235 g/mol. The predicted octanol–water partition coefficient (Wildman–Crippen LogP) is 1.41. The maximum atomic E-state index is 6.10. The Bertz CT molecular complexity index is 419. The van der Waals surface area contributed by atoms with Gasteiger partial charge in [0.05, 0.1) is 0 Å². The molecule has 0 fully saturated rings. The van der Waals surface area contributed by atoms with E-state index in [-0.39, 0.29) is 31.0 Å². The molecule has 0 saturated carbocycles. The molecule has 0 atom stereocenters. The average Bonchev–Trinajstić information content (AvgIpc) is 2.20. The van der Waals surface area contributed by atoms with Gasteiger partial charge in [0.15, 0.2) is 0 Å². The van der Waals surface area contributed by atoms with E-state index in [0.717, 1.165) is 21.0 Å². The van der Waals surface area contributed by atoms with Gasteiger partial charge in [0.25, 0.3) is 0 Å². The Morgan fingerprint density at radius 3 is 2.00 bits per heavy atom. The van der Waals surface area contributed by atoms with Crippen molar-refractivity contribution in [1.82, 2.24) is 0 Å². The summed E-state index contributed by atoms with van der Waals surface area (Å²) in [6.07, 6.45) is 0. The summed E-state index contributed by atoms with van der Waals surface area (Å²) in [4.78, 5) is 0.945. The predicted molar refractivity (Wildman–Crippen MR) is 65.3 cm³/mol. The quantitative estimate of drug-likeness (QED) is 0.569. The molecule has 0 aromatic heterocycles. The van der Waals surface area contributed by atoms with Gasteiger partial charge >= 0.3 is 29.6 Å². The molecule has 2 rings (SSSR count). The minimum atomic E-state index is 0. The minimum absolute atomic E-state index is 0. The molecule has 15 heavy (non-hydrogen) atoms. The van der Waals surface area contributed by atoms with Crippen LogP contribution in [-0.2, 0) is 0 Å². The molecule has 0 unspecified atom stereocenters. The van der Waals surface area contributed by atoms with Crippen LogP contribution in [0, 0.1) is 0 Å². The molecule has 0 nitrogen and oxygen atoms in total. The third-order valence-corrected chi connectivity index (χ3v) is 2.79. The Morgan fingerprint density at radius 2 is 1.40 bits per heavy atom. The zero-order valence-electron chi connectivity index (χ0n) is 9.44. The van der Waals surface area contributed by atoms with Crippen LogP contribution in [0.3, 0.4) is 0 Å². The topological polar surface area (TPSA) is 0 Å². The second-order valence-electron chi connectivity index (χ2n) is 3.00. The van der Waals surface area contributed by atoms with Gasteiger partial charge < -0.3 is 1.43 Å². The van der Waals surface area contributed by atoms with Crippen LogP contribution in [0.4, 0.5) is 0 Å². The molecule has 0 N–H and O–H groups in total. The summed E-state index contributed by atoms with van der Waals surface area (Å²) < 4.78 is 0. The van der Waals surface area contributed by atoms with Crippen LogP contribution in [0.5, 0.6) is 0 Å². The van der Waals surface area contributed by atoms with Crippen LogP contribution >= 0.6 is 24.2 Å². The Kier molecular flexibility index (Phi) is 5.24. The standard InChI is InChI=1S/C12H9ClS.Na.H/c13-11-7-3-1-5-9(11)10-6-2-4-8-12(10)14;;/h1-8,14H;;/q;+1;-1. The van der Waals surface area contributed by atoms with Crippen molar-refractivity contribution < 1.29 is 31.0 Å². The Morgan fingerprint density at radius 1 is 0.867 bits per heavy atom. The first-order valence-electron chi connectivity index (χ1n) is 4.32. The van der Waals surface area contributed by atoms with Gasteiger partial charge in [-0.15, -0.1) is 12.6 Å². The van der Waals surface area contributed by atoms with Crippen molar-refractivity contribution in [2.45, 2.75) is 4.90 Å². The molecular formula is C12H10ClNaS. The Balaban J connectivity index is 0.00000112. The minimum Gasteiger partial charge on any atom is -1.00 e. The molecule has 0 amide bonds. The second kappa shape index (κ2) is 5.97. The molecule has 2 aromatic carbocycles. The van der Waals surface area contributed by atoms with Crippen LogP contribution in [-0.4, -0.2) is 0 Å².